The molecule has 0 saturated carbocycles. The summed E-state index contributed by atoms with van der Waals surface area (Å²) in [5.41, 5.74) is 5.86. The van der Waals surface area contributed by atoms with E-state index in [9.17, 15) is 22.0 Å². The van der Waals surface area contributed by atoms with E-state index in [0.29, 0.717) is 5.75 Å². The van der Waals surface area contributed by atoms with E-state index >= 15 is 0 Å². The third kappa shape index (κ3) is 8.17. The maximum absolute atomic E-state index is 12.5. The van der Waals surface area contributed by atoms with E-state index in [0.717, 1.165) is 6.07 Å². The Labute approximate surface area is 179 Å². The van der Waals surface area contributed by atoms with Gasteiger partial charge < -0.3 is 25.3 Å². The second-order valence-corrected chi connectivity index (χ2v) is 5.22. The molecule has 0 aliphatic rings. The lowest BCUT2D eigenvalue weighted by Crippen LogP contribution is -2.24. The highest BCUT2D eigenvalue weighted by atomic mass is 127. The molecular formula is C17H17F5IN3O3. The topological polar surface area (TPSA) is 78.1 Å². The number of alkyl halides is 5. The van der Waals surface area contributed by atoms with Crippen molar-refractivity contribution in [3.63, 3.8) is 0 Å². The standard InChI is InChI=1S/C17H16F5N3O3.HI/c1-26-11-6-7-13(27-15(18)19)10(8-11)9-24-16(23)25-12-4-2-3-5-14(12)28-17(20,21)22;/h2-8,15H,9H2,1H3,(H3,23,24,25);1H. The molecule has 0 saturated heterocycles. The van der Waals surface area contributed by atoms with Crippen LogP contribution in [0.2, 0.25) is 0 Å². The van der Waals surface area contributed by atoms with Crippen molar-refractivity contribution < 1.29 is 36.2 Å². The van der Waals surface area contributed by atoms with Gasteiger partial charge in [0.1, 0.15) is 11.5 Å². The quantitative estimate of drug-likeness (QED) is 0.233. The van der Waals surface area contributed by atoms with Gasteiger partial charge in [-0.25, -0.2) is 4.99 Å². The second kappa shape index (κ2) is 10.9. The Hall–Kier alpha value is -2.51. The zero-order chi connectivity index (χ0) is 20.7. The van der Waals surface area contributed by atoms with Gasteiger partial charge in [-0.05, 0) is 30.3 Å². The molecule has 6 nitrogen and oxygen atoms in total. The summed E-state index contributed by atoms with van der Waals surface area (Å²) >= 11 is 0. The van der Waals surface area contributed by atoms with Crippen molar-refractivity contribution in [3.8, 4) is 17.2 Å². The lowest BCUT2D eigenvalue weighted by molar-refractivity contribution is -0.274. The number of hydrogen-bond donors (Lipinski definition) is 2. The zero-order valence-electron chi connectivity index (χ0n) is 14.9. The van der Waals surface area contributed by atoms with Crippen molar-refractivity contribution in [2.75, 3.05) is 12.4 Å². The Bertz CT molecular complexity index is 834. The fourth-order valence-corrected chi connectivity index (χ4v) is 2.15. The molecule has 0 fully saturated rings. The van der Waals surface area contributed by atoms with E-state index in [1.807, 2.05) is 0 Å². The van der Waals surface area contributed by atoms with Crippen LogP contribution in [-0.4, -0.2) is 26.0 Å². The summed E-state index contributed by atoms with van der Waals surface area (Å²) in [5.74, 6) is -0.518. The third-order valence-corrected chi connectivity index (χ3v) is 3.28. The van der Waals surface area contributed by atoms with Gasteiger partial charge in [-0.3, -0.25) is 0 Å². The van der Waals surface area contributed by atoms with Crippen molar-refractivity contribution in [1.29, 1.82) is 0 Å². The first kappa shape index (κ1) is 24.5. The Morgan fingerprint density at radius 2 is 1.83 bits per heavy atom. The second-order valence-electron chi connectivity index (χ2n) is 5.22. The monoisotopic (exact) mass is 533 g/mol. The van der Waals surface area contributed by atoms with Crippen molar-refractivity contribution in [2.45, 2.75) is 19.5 Å². The van der Waals surface area contributed by atoms with Gasteiger partial charge in [-0.2, -0.15) is 8.78 Å². The van der Waals surface area contributed by atoms with E-state index in [4.69, 9.17) is 10.5 Å². The van der Waals surface area contributed by atoms with E-state index < -0.39 is 18.7 Å². The highest BCUT2D eigenvalue weighted by molar-refractivity contribution is 14.0. The summed E-state index contributed by atoms with van der Waals surface area (Å²) in [6, 6.07) is 9.36. The molecule has 0 aliphatic carbocycles. The van der Waals surface area contributed by atoms with E-state index in [1.165, 1.54) is 43.5 Å². The van der Waals surface area contributed by atoms with Gasteiger partial charge in [0.2, 0.25) is 0 Å². The van der Waals surface area contributed by atoms with Gasteiger partial charge >= 0.3 is 13.0 Å². The fourth-order valence-electron chi connectivity index (χ4n) is 2.15. The average Bonchev–Trinajstić information content (AvgIpc) is 2.61. The number of hydrogen-bond acceptors (Lipinski definition) is 4. The van der Waals surface area contributed by atoms with Crippen LogP contribution < -0.4 is 25.3 Å². The lowest BCUT2D eigenvalue weighted by atomic mass is 10.2. The van der Waals surface area contributed by atoms with Crippen molar-refractivity contribution in [1.82, 2.24) is 0 Å². The van der Waals surface area contributed by atoms with Crippen LogP contribution in [0.4, 0.5) is 27.6 Å². The molecule has 29 heavy (non-hydrogen) atoms. The minimum atomic E-state index is -4.88. The highest BCUT2D eigenvalue weighted by Gasteiger charge is 2.32. The first-order valence-electron chi connectivity index (χ1n) is 7.71. The first-order chi connectivity index (χ1) is 13.2. The molecule has 2 aromatic rings. The molecule has 3 N–H and O–H groups in total. The molecule has 2 rings (SSSR count). The van der Waals surface area contributed by atoms with Crippen LogP contribution in [0.1, 0.15) is 5.56 Å². The van der Waals surface area contributed by atoms with Crippen LogP contribution in [0.5, 0.6) is 17.2 Å². The number of aliphatic imine (C=N–C) groups is 1. The van der Waals surface area contributed by atoms with Gasteiger partial charge in [-0.1, -0.05) is 12.1 Å². The van der Waals surface area contributed by atoms with Crippen LogP contribution >= 0.6 is 24.0 Å². The first-order valence-corrected chi connectivity index (χ1v) is 7.71. The molecule has 0 heterocycles. The Balaban J connectivity index is 0.00000420. The molecule has 12 heteroatoms. The number of para-hydroxylation sites is 2. The molecule has 0 spiro atoms. The van der Waals surface area contributed by atoms with Gasteiger partial charge in [0, 0.05) is 5.56 Å². The number of halogens is 6. The molecule has 0 radical (unpaired) electrons. The van der Waals surface area contributed by atoms with E-state index in [-0.39, 0.29) is 53.5 Å². The molecule has 0 amide bonds. The van der Waals surface area contributed by atoms with Crippen LogP contribution in [0, 0.1) is 0 Å². The fraction of sp³-hybridized carbons (Fsp3) is 0.235. The van der Waals surface area contributed by atoms with E-state index in [2.05, 4.69) is 19.8 Å². The molecule has 2 aromatic carbocycles. The van der Waals surface area contributed by atoms with Crippen molar-refractivity contribution in [3.05, 3.63) is 48.0 Å². The highest BCUT2D eigenvalue weighted by Crippen LogP contribution is 2.30. The summed E-state index contributed by atoms with van der Waals surface area (Å²) < 4.78 is 75.7. The molecule has 160 valence electrons. The van der Waals surface area contributed by atoms with Crippen LogP contribution in [0.3, 0.4) is 0 Å². The smallest absolute Gasteiger partial charge is 0.497 e. The normalized spacial score (nSPS) is 11.6. The number of benzene rings is 2. The average molecular weight is 533 g/mol. The number of ether oxygens (including phenoxy) is 3. The summed E-state index contributed by atoms with van der Waals surface area (Å²) in [4.78, 5) is 3.94. The predicted molar refractivity (Wildman–Crippen MR) is 107 cm³/mol. The van der Waals surface area contributed by atoms with Crippen molar-refractivity contribution in [2.24, 2.45) is 10.7 Å². The van der Waals surface area contributed by atoms with Crippen LogP contribution in [0.15, 0.2) is 47.5 Å². The Kier molecular flexibility index (Phi) is 9.20. The van der Waals surface area contributed by atoms with Gasteiger partial charge in [0.25, 0.3) is 0 Å². The molecule has 0 unspecified atom stereocenters. The predicted octanol–water partition coefficient (Wildman–Crippen LogP) is 4.74. The Morgan fingerprint density at radius 1 is 1.14 bits per heavy atom. The van der Waals surface area contributed by atoms with Crippen molar-refractivity contribution >= 4 is 35.6 Å². The minimum Gasteiger partial charge on any atom is -0.497 e. The number of rotatable bonds is 7. The molecule has 0 aromatic heterocycles. The maximum atomic E-state index is 12.5. The summed E-state index contributed by atoms with van der Waals surface area (Å²) in [5, 5.41) is 2.47. The van der Waals surface area contributed by atoms with Gasteiger partial charge in [0.15, 0.2) is 11.7 Å². The lowest BCUT2D eigenvalue weighted by Gasteiger charge is -2.14. The number of nitrogens with two attached hydrogens (primary N) is 1. The molecule has 0 atom stereocenters. The van der Waals surface area contributed by atoms with Gasteiger partial charge in [-0.15, -0.1) is 37.1 Å². The number of nitrogens with one attached hydrogen (secondary N) is 1. The number of nitrogens with zero attached hydrogens (tertiary/aromatic N) is 1. The maximum Gasteiger partial charge on any atom is 0.573 e. The molecule has 0 bridgehead atoms. The molecular weight excluding hydrogens is 516 g/mol. The summed E-state index contributed by atoms with van der Waals surface area (Å²) in [6.07, 6.45) is -4.88. The largest absolute Gasteiger partial charge is 0.573 e. The van der Waals surface area contributed by atoms with Gasteiger partial charge in [0.05, 0.1) is 19.3 Å². The molecule has 0 aliphatic heterocycles. The Morgan fingerprint density at radius 3 is 2.45 bits per heavy atom. The minimum absolute atomic E-state index is 0. The zero-order valence-corrected chi connectivity index (χ0v) is 17.2. The summed E-state index contributed by atoms with van der Waals surface area (Å²) in [6.45, 7) is -3.24. The number of methoxy groups -OCH3 is 1. The number of anilines is 1. The summed E-state index contributed by atoms with van der Waals surface area (Å²) in [7, 11) is 1.39. The number of guanidine groups is 1. The van der Waals surface area contributed by atoms with Crippen LogP contribution in [-0.2, 0) is 6.54 Å². The third-order valence-electron chi connectivity index (χ3n) is 3.28. The van der Waals surface area contributed by atoms with E-state index in [1.54, 1.807) is 0 Å². The van der Waals surface area contributed by atoms with Crippen LogP contribution in [0.25, 0.3) is 0 Å². The SMILES string of the molecule is COc1ccc(OC(F)F)c(CN=C(N)Nc2ccccc2OC(F)(F)F)c1.I.